The third-order valence-corrected chi connectivity index (χ3v) is 3.97. The summed E-state index contributed by atoms with van der Waals surface area (Å²) in [4.78, 5) is 23.6. The predicted octanol–water partition coefficient (Wildman–Crippen LogP) is 2.75. The number of nitrogens with two attached hydrogens (primary N) is 1. The molecule has 3 rings (SSSR count). The summed E-state index contributed by atoms with van der Waals surface area (Å²) in [6.07, 6.45) is 0. The molecule has 3 aromatic rings. The van der Waals surface area contributed by atoms with Gasteiger partial charge in [0.2, 0.25) is 0 Å². The Labute approximate surface area is 152 Å². The molecular formula is C17H15ClFN5O2. The average molecular weight is 376 g/mol. The number of halogens is 2. The molecule has 0 saturated carbocycles. The van der Waals surface area contributed by atoms with E-state index in [-0.39, 0.29) is 29.5 Å². The summed E-state index contributed by atoms with van der Waals surface area (Å²) in [6.45, 7) is 0.436. The van der Waals surface area contributed by atoms with Gasteiger partial charge in [0, 0.05) is 17.6 Å². The van der Waals surface area contributed by atoms with Crippen LogP contribution < -0.4 is 16.4 Å². The number of hydrogen-bond donors (Lipinski definition) is 3. The molecule has 0 atom stereocenters. The van der Waals surface area contributed by atoms with Gasteiger partial charge in [-0.25, -0.2) is 9.18 Å². The van der Waals surface area contributed by atoms with Crippen LogP contribution in [0.2, 0.25) is 5.02 Å². The molecule has 0 aliphatic rings. The molecule has 26 heavy (non-hydrogen) atoms. The van der Waals surface area contributed by atoms with Gasteiger partial charge < -0.3 is 16.4 Å². The first kappa shape index (κ1) is 17.7. The number of fused-ring (bicyclic) bond motifs is 1. The van der Waals surface area contributed by atoms with Crippen molar-refractivity contribution in [2.45, 2.75) is 6.54 Å². The normalized spacial score (nSPS) is 10.7. The Morgan fingerprint density at radius 3 is 2.73 bits per heavy atom. The largest absolute Gasteiger partial charge is 0.364 e. The first-order chi connectivity index (χ1) is 12.5. The molecule has 7 nitrogen and oxygen atoms in total. The third-order valence-electron chi connectivity index (χ3n) is 3.67. The van der Waals surface area contributed by atoms with Crippen molar-refractivity contribution in [1.29, 1.82) is 0 Å². The fraction of sp³-hybridized carbons (Fsp3) is 0.118. The Bertz CT molecular complexity index is 988. The maximum Gasteiger partial charge on any atom is 0.319 e. The molecule has 0 spiro atoms. The molecule has 0 radical (unpaired) electrons. The van der Waals surface area contributed by atoms with E-state index in [1.54, 1.807) is 24.3 Å². The monoisotopic (exact) mass is 375 g/mol. The van der Waals surface area contributed by atoms with Crippen LogP contribution in [0.3, 0.4) is 0 Å². The molecule has 0 unspecified atom stereocenters. The zero-order valence-corrected chi connectivity index (χ0v) is 14.3. The van der Waals surface area contributed by atoms with E-state index >= 15 is 0 Å². The number of primary amides is 1. The van der Waals surface area contributed by atoms with Gasteiger partial charge in [0.25, 0.3) is 5.91 Å². The third kappa shape index (κ3) is 3.75. The van der Waals surface area contributed by atoms with Gasteiger partial charge in [-0.15, -0.1) is 0 Å². The van der Waals surface area contributed by atoms with Gasteiger partial charge in [-0.1, -0.05) is 29.8 Å². The van der Waals surface area contributed by atoms with Crippen molar-refractivity contribution in [3.8, 4) is 0 Å². The SMILES string of the molecule is NC(=O)c1c2ccccc2nn1CCNC(=O)Nc1ccc(Cl)c(F)c1. The average Bonchev–Trinajstić information content (AvgIpc) is 2.96. The summed E-state index contributed by atoms with van der Waals surface area (Å²) in [7, 11) is 0. The lowest BCUT2D eigenvalue weighted by atomic mass is 10.2. The summed E-state index contributed by atoms with van der Waals surface area (Å²) in [5.74, 6) is -1.22. The van der Waals surface area contributed by atoms with Gasteiger partial charge in [-0.3, -0.25) is 9.48 Å². The van der Waals surface area contributed by atoms with Gasteiger partial charge in [0.1, 0.15) is 11.5 Å². The van der Waals surface area contributed by atoms with E-state index in [9.17, 15) is 14.0 Å². The van der Waals surface area contributed by atoms with Crippen molar-refractivity contribution in [3.63, 3.8) is 0 Å². The number of nitrogens with one attached hydrogen (secondary N) is 2. The highest BCUT2D eigenvalue weighted by Crippen LogP contribution is 2.19. The molecule has 4 N–H and O–H groups in total. The van der Waals surface area contributed by atoms with Crippen LogP contribution in [-0.4, -0.2) is 28.3 Å². The van der Waals surface area contributed by atoms with E-state index in [1.165, 1.54) is 16.8 Å². The topological polar surface area (TPSA) is 102 Å². The van der Waals surface area contributed by atoms with Crippen molar-refractivity contribution in [3.05, 3.63) is 59.0 Å². The highest BCUT2D eigenvalue weighted by molar-refractivity contribution is 6.30. The van der Waals surface area contributed by atoms with Crippen LogP contribution in [0.1, 0.15) is 10.5 Å². The minimum atomic E-state index is -0.626. The number of nitrogens with zero attached hydrogens (tertiary/aromatic N) is 2. The van der Waals surface area contributed by atoms with E-state index < -0.39 is 17.8 Å². The molecule has 2 aromatic carbocycles. The van der Waals surface area contributed by atoms with Gasteiger partial charge in [0.05, 0.1) is 17.1 Å². The van der Waals surface area contributed by atoms with Crippen molar-refractivity contribution in [2.24, 2.45) is 5.73 Å². The van der Waals surface area contributed by atoms with Crippen LogP contribution in [-0.2, 0) is 6.54 Å². The molecule has 0 fully saturated rings. The molecule has 0 bridgehead atoms. The zero-order chi connectivity index (χ0) is 18.7. The Kier molecular flexibility index (Phi) is 5.04. The van der Waals surface area contributed by atoms with Crippen molar-refractivity contribution in [2.75, 3.05) is 11.9 Å². The minimum absolute atomic E-state index is 0.0271. The number of benzene rings is 2. The molecule has 0 saturated heterocycles. The lowest BCUT2D eigenvalue weighted by Gasteiger charge is -2.09. The number of anilines is 1. The van der Waals surface area contributed by atoms with Crippen LogP contribution in [0.5, 0.6) is 0 Å². The van der Waals surface area contributed by atoms with Crippen LogP contribution in [0.15, 0.2) is 42.5 Å². The maximum atomic E-state index is 13.4. The number of carbonyl (C=O) groups is 2. The van der Waals surface area contributed by atoms with Gasteiger partial charge in [-0.2, -0.15) is 5.10 Å². The zero-order valence-electron chi connectivity index (χ0n) is 13.5. The smallest absolute Gasteiger partial charge is 0.319 e. The van der Waals surface area contributed by atoms with Gasteiger partial charge >= 0.3 is 6.03 Å². The van der Waals surface area contributed by atoms with Crippen LogP contribution >= 0.6 is 11.6 Å². The fourth-order valence-electron chi connectivity index (χ4n) is 2.53. The number of carbonyl (C=O) groups excluding carboxylic acids is 2. The molecule has 3 amide bonds. The summed E-state index contributed by atoms with van der Waals surface area (Å²) < 4.78 is 14.8. The number of amides is 3. The molecule has 0 aliphatic carbocycles. The first-order valence-corrected chi connectivity index (χ1v) is 8.09. The van der Waals surface area contributed by atoms with Crippen LogP contribution in [0.25, 0.3) is 10.9 Å². The Balaban J connectivity index is 1.63. The number of hydrogen-bond acceptors (Lipinski definition) is 3. The molecule has 1 aromatic heterocycles. The Morgan fingerprint density at radius 1 is 1.23 bits per heavy atom. The van der Waals surface area contributed by atoms with Gasteiger partial charge in [0.15, 0.2) is 0 Å². The number of urea groups is 1. The fourth-order valence-corrected chi connectivity index (χ4v) is 2.64. The molecule has 134 valence electrons. The lowest BCUT2D eigenvalue weighted by Crippen LogP contribution is -2.32. The second kappa shape index (κ2) is 7.40. The van der Waals surface area contributed by atoms with E-state index in [0.717, 1.165) is 6.07 Å². The summed E-state index contributed by atoms with van der Waals surface area (Å²) in [6, 6.07) is 10.6. The van der Waals surface area contributed by atoms with Crippen molar-refractivity contribution < 1.29 is 14.0 Å². The van der Waals surface area contributed by atoms with E-state index in [4.69, 9.17) is 17.3 Å². The van der Waals surface area contributed by atoms with E-state index in [2.05, 4.69) is 15.7 Å². The van der Waals surface area contributed by atoms with Crippen molar-refractivity contribution >= 4 is 40.1 Å². The summed E-state index contributed by atoms with van der Waals surface area (Å²) in [5.41, 5.74) is 6.63. The lowest BCUT2D eigenvalue weighted by molar-refractivity contribution is 0.0991. The maximum absolute atomic E-state index is 13.4. The van der Waals surface area contributed by atoms with Gasteiger partial charge in [-0.05, 0) is 24.3 Å². The second-order valence-corrected chi connectivity index (χ2v) is 5.87. The molecule has 0 aliphatic heterocycles. The second-order valence-electron chi connectivity index (χ2n) is 5.46. The summed E-state index contributed by atoms with van der Waals surface area (Å²) in [5, 5.41) is 10.0. The quantitative estimate of drug-likeness (QED) is 0.639. The van der Waals surface area contributed by atoms with Crippen LogP contribution in [0.4, 0.5) is 14.9 Å². The number of aromatic nitrogens is 2. The van der Waals surface area contributed by atoms with E-state index in [0.29, 0.717) is 10.9 Å². The number of rotatable bonds is 5. The Morgan fingerprint density at radius 2 is 2.00 bits per heavy atom. The minimum Gasteiger partial charge on any atom is -0.364 e. The summed E-state index contributed by atoms with van der Waals surface area (Å²) >= 11 is 5.59. The first-order valence-electron chi connectivity index (χ1n) is 7.71. The van der Waals surface area contributed by atoms with Crippen LogP contribution in [0, 0.1) is 5.82 Å². The molecule has 1 heterocycles. The molecular weight excluding hydrogens is 361 g/mol. The van der Waals surface area contributed by atoms with Crippen molar-refractivity contribution in [1.82, 2.24) is 15.1 Å². The predicted molar refractivity (Wildman–Crippen MR) is 96.7 cm³/mol. The van der Waals surface area contributed by atoms with E-state index in [1.807, 2.05) is 0 Å². The standard InChI is InChI=1S/C17H15ClFN5O2/c18-12-6-5-10(9-13(12)19)22-17(26)21-7-8-24-15(16(20)25)11-3-1-2-4-14(11)23-24/h1-6,9H,7-8H2,(H2,20,25)(H2,21,22,26). The molecule has 9 heteroatoms. The highest BCUT2D eigenvalue weighted by atomic mass is 35.5. The highest BCUT2D eigenvalue weighted by Gasteiger charge is 2.15. The Hall–Kier alpha value is -3.13.